The van der Waals surface area contributed by atoms with Crippen LogP contribution in [0.1, 0.15) is 115 Å². The second-order valence-corrected chi connectivity index (χ2v) is 22.1. The van der Waals surface area contributed by atoms with Gasteiger partial charge in [-0.2, -0.15) is 10.2 Å². The van der Waals surface area contributed by atoms with Crippen LogP contribution in [0.25, 0.3) is 33.8 Å². The van der Waals surface area contributed by atoms with Crippen LogP contribution < -0.4 is 5.32 Å². The second kappa shape index (κ2) is 21.3. The number of nitrogens with zero attached hydrogens (tertiary/aromatic N) is 9. The summed E-state index contributed by atoms with van der Waals surface area (Å²) < 4.78 is 51.2. The molecule has 4 fully saturated rings. The van der Waals surface area contributed by atoms with Gasteiger partial charge in [-0.25, -0.2) is 42.2 Å². The average molecular weight is 1040 g/mol. The Morgan fingerprint density at radius 3 is 1.53 bits per heavy atom. The molecule has 2 spiro atoms. The standard InChI is InChI=1S/C27H32FN5O4.C16H14FN3O2.C11H20N2O3.H2/c1-17(2)20-12-21(18-6-8-19(28)9-7-18)30-33-13-22(29-23(20)33)24(34)32-11-10-31(14-27(32)15-36-16-27)25(35)37-26(3,4)5;1-9(2)12-7-13(10-3-5-11(17)6-4-10)19-20-8-14(16(21)22)18-15(12)20;1-10(2,3)16-9(14)13-5-4-12-11(6-13)7-15-8-11;/h6-9,12-13,17H,10-11,14-16H2,1-5H3;3-9H,1-2H3,(H,21,22);12H,4-8H2,1-3H3;1H. The van der Waals surface area contributed by atoms with Crippen LogP contribution in [0.2, 0.25) is 0 Å². The van der Waals surface area contributed by atoms with Crippen molar-refractivity contribution in [2.45, 2.75) is 103 Å². The van der Waals surface area contributed by atoms with E-state index in [9.17, 15) is 28.0 Å². The van der Waals surface area contributed by atoms with Crippen molar-refractivity contribution >= 4 is 35.4 Å². The Morgan fingerprint density at radius 2 is 1.12 bits per heavy atom. The van der Waals surface area contributed by atoms with Gasteiger partial charge in [-0.15, -0.1) is 0 Å². The maximum atomic E-state index is 13.7. The van der Waals surface area contributed by atoms with Gasteiger partial charge < -0.3 is 44.1 Å². The lowest BCUT2D eigenvalue weighted by molar-refractivity contribution is -0.151. The van der Waals surface area contributed by atoms with Crippen molar-refractivity contribution in [3.05, 3.63) is 107 Å². The predicted octanol–water partition coefficient (Wildman–Crippen LogP) is 8.32. The third kappa shape index (κ3) is 12.4. The van der Waals surface area contributed by atoms with Crippen LogP contribution in [-0.2, 0) is 18.9 Å². The van der Waals surface area contributed by atoms with Crippen LogP contribution in [0.15, 0.2) is 73.1 Å². The van der Waals surface area contributed by atoms with E-state index < -0.39 is 28.8 Å². The van der Waals surface area contributed by atoms with Crippen LogP contribution >= 0.6 is 0 Å². The fourth-order valence-corrected chi connectivity index (χ4v) is 9.06. The summed E-state index contributed by atoms with van der Waals surface area (Å²) in [5.41, 5.74) is 4.38. The third-order valence-electron chi connectivity index (χ3n) is 12.9. The van der Waals surface area contributed by atoms with Crippen LogP contribution in [0.5, 0.6) is 0 Å². The molecule has 0 unspecified atom stereocenters. The SMILES string of the molecule is CC(C)(C)OC(=O)N1CCNC2(COC2)C1.CC(C)c1cc(-c2ccc(F)cc2)nn2cc(C(=O)N3CCN(C(=O)OC(C)(C)C)CC34COC4)nc12.CC(C)c1cc(-c2ccc(F)cc2)nn2cc(C(=O)O)nc12.[HH]. The molecule has 3 amide bonds. The van der Waals surface area contributed by atoms with Gasteiger partial charge in [0.25, 0.3) is 5.91 Å². The highest BCUT2D eigenvalue weighted by molar-refractivity contribution is 5.94. The number of rotatable bonds is 6. The summed E-state index contributed by atoms with van der Waals surface area (Å²) in [7, 11) is 0. The van der Waals surface area contributed by atoms with Gasteiger partial charge in [0.2, 0.25) is 0 Å². The van der Waals surface area contributed by atoms with Crippen LogP contribution in [0.4, 0.5) is 18.4 Å². The molecule has 6 aromatic rings. The van der Waals surface area contributed by atoms with Crippen molar-refractivity contribution in [1.29, 1.82) is 0 Å². The molecule has 0 atom stereocenters. The first-order valence-corrected chi connectivity index (χ1v) is 25.1. The second-order valence-electron chi connectivity index (χ2n) is 22.1. The monoisotopic (exact) mass is 1040 g/mol. The smallest absolute Gasteiger partial charge is 0.410 e. The molecular weight excluding hydrogens is 971 g/mol. The van der Waals surface area contributed by atoms with E-state index in [0.717, 1.165) is 28.8 Å². The van der Waals surface area contributed by atoms with E-state index >= 15 is 0 Å². The summed E-state index contributed by atoms with van der Waals surface area (Å²) in [4.78, 5) is 63.4. The van der Waals surface area contributed by atoms with Gasteiger partial charge >= 0.3 is 18.2 Å². The number of carbonyl (C=O) groups excluding carboxylic acids is 3. The number of aromatic carboxylic acids is 1. The molecule has 75 heavy (non-hydrogen) atoms. The molecule has 402 valence electrons. The van der Waals surface area contributed by atoms with E-state index in [1.54, 1.807) is 49.7 Å². The van der Waals surface area contributed by atoms with Crippen LogP contribution in [0.3, 0.4) is 0 Å². The van der Waals surface area contributed by atoms with E-state index in [4.69, 9.17) is 24.1 Å². The predicted molar refractivity (Wildman–Crippen MR) is 276 cm³/mol. The third-order valence-corrected chi connectivity index (χ3v) is 12.9. The lowest BCUT2D eigenvalue weighted by Gasteiger charge is -2.54. The first-order chi connectivity index (χ1) is 35.3. The van der Waals surface area contributed by atoms with E-state index in [0.29, 0.717) is 81.8 Å². The molecular formula is C54H68F2N10O9. The van der Waals surface area contributed by atoms with Crippen molar-refractivity contribution in [1.82, 2.24) is 49.2 Å². The number of carboxylic acids is 1. The number of halogens is 2. The molecule has 19 nitrogen and oxygen atoms in total. The van der Waals surface area contributed by atoms with E-state index in [1.807, 2.05) is 67.5 Å². The number of piperazine rings is 2. The average Bonchev–Trinajstić information content (AvgIpc) is 3.97. The summed E-state index contributed by atoms with van der Waals surface area (Å²) in [5.74, 6) is -1.68. The number of nitrogens with one attached hydrogen (secondary N) is 1. The maximum Gasteiger partial charge on any atom is 0.410 e. The van der Waals surface area contributed by atoms with Crippen molar-refractivity contribution in [2.75, 3.05) is 65.7 Å². The zero-order valence-electron chi connectivity index (χ0n) is 44.1. The largest absolute Gasteiger partial charge is 0.476 e. The quantitative estimate of drug-likeness (QED) is 0.161. The Labute approximate surface area is 435 Å². The Morgan fingerprint density at radius 1 is 0.667 bits per heavy atom. The summed E-state index contributed by atoms with van der Waals surface area (Å²) in [6.45, 7) is 24.5. The minimum atomic E-state index is -1.09. The fraction of sp³-hybridized carbons (Fsp3) is 0.481. The summed E-state index contributed by atoms with van der Waals surface area (Å²) in [6, 6.07) is 16.0. The van der Waals surface area contributed by atoms with Crippen molar-refractivity contribution in [3.63, 3.8) is 0 Å². The molecule has 2 N–H and O–H groups in total. The Bertz CT molecular complexity index is 3070. The number of aromatic nitrogens is 6. The molecule has 8 heterocycles. The van der Waals surface area contributed by atoms with Gasteiger partial charge in [-0.3, -0.25) is 4.79 Å². The van der Waals surface area contributed by atoms with Gasteiger partial charge in [0, 0.05) is 56.4 Å². The van der Waals surface area contributed by atoms with E-state index in [2.05, 4.69) is 39.3 Å². The maximum absolute atomic E-state index is 13.7. The highest BCUT2D eigenvalue weighted by Gasteiger charge is 2.52. The van der Waals surface area contributed by atoms with E-state index in [1.165, 1.54) is 35.0 Å². The molecule has 0 radical (unpaired) electrons. The van der Waals surface area contributed by atoms with Gasteiger partial charge in [0.15, 0.2) is 17.0 Å². The van der Waals surface area contributed by atoms with Crippen molar-refractivity contribution in [3.8, 4) is 22.5 Å². The molecule has 0 aliphatic carbocycles. The Balaban J connectivity index is 0.000000182. The molecule has 4 saturated heterocycles. The Kier molecular flexibility index (Phi) is 15.4. The summed E-state index contributed by atoms with van der Waals surface area (Å²) >= 11 is 0. The van der Waals surface area contributed by atoms with Crippen LogP contribution in [-0.4, -0.2) is 161 Å². The number of carboxylic acid groups (broad SMARTS) is 1. The fourth-order valence-electron chi connectivity index (χ4n) is 9.06. The molecule has 10 rings (SSSR count). The van der Waals surface area contributed by atoms with Crippen molar-refractivity contribution < 1.29 is 53.4 Å². The topological polar surface area (TPSA) is 208 Å². The first-order valence-electron chi connectivity index (χ1n) is 25.1. The normalized spacial score (nSPS) is 17.0. The molecule has 4 aromatic heterocycles. The van der Waals surface area contributed by atoms with Gasteiger partial charge in [0.05, 0.1) is 62.3 Å². The van der Waals surface area contributed by atoms with Crippen LogP contribution in [0, 0.1) is 11.6 Å². The molecule has 4 aliphatic rings. The zero-order valence-corrected chi connectivity index (χ0v) is 44.1. The number of amides is 3. The summed E-state index contributed by atoms with van der Waals surface area (Å²) in [5, 5.41) is 21.6. The molecule has 0 bridgehead atoms. The van der Waals surface area contributed by atoms with E-state index in [-0.39, 0.29) is 53.8 Å². The number of benzene rings is 2. The van der Waals surface area contributed by atoms with Gasteiger partial charge in [0.1, 0.15) is 34.1 Å². The van der Waals surface area contributed by atoms with Gasteiger partial charge in [-0.1, -0.05) is 27.7 Å². The number of fused-ring (bicyclic) bond motifs is 2. The lowest BCUT2D eigenvalue weighted by atomic mass is 9.91. The lowest BCUT2D eigenvalue weighted by Crippen LogP contribution is -2.73. The minimum Gasteiger partial charge on any atom is -0.476 e. The zero-order chi connectivity index (χ0) is 54.2. The van der Waals surface area contributed by atoms with Gasteiger partial charge in [-0.05, 0) is 114 Å². The molecule has 2 aromatic carbocycles. The number of hydrogen-bond acceptors (Lipinski definition) is 13. The highest BCUT2D eigenvalue weighted by atomic mass is 19.1. The first kappa shape index (κ1) is 54.2. The summed E-state index contributed by atoms with van der Waals surface area (Å²) in [6.07, 6.45) is 2.42. The van der Waals surface area contributed by atoms with Crippen molar-refractivity contribution in [2.24, 2.45) is 0 Å². The number of hydrogen-bond donors (Lipinski definition) is 2. The molecule has 4 aliphatic heterocycles. The number of imidazole rings is 2. The number of ether oxygens (including phenoxy) is 4. The minimum absolute atomic E-state index is 0. The number of carbonyl (C=O) groups is 4. The molecule has 21 heteroatoms. The molecule has 0 saturated carbocycles. The highest BCUT2D eigenvalue weighted by Crippen LogP contribution is 2.33. The Hall–Kier alpha value is -7.10.